The van der Waals surface area contributed by atoms with Crippen LogP contribution in [0.3, 0.4) is 0 Å². The number of hydrogen-bond donors (Lipinski definition) is 2. The maximum atomic E-state index is 13.1. The number of benzene rings is 1. The summed E-state index contributed by atoms with van der Waals surface area (Å²) in [6.45, 7) is 4.40. The Morgan fingerprint density at radius 2 is 2.00 bits per heavy atom. The van der Waals surface area contributed by atoms with Crippen molar-refractivity contribution in [3.05, 3.63) is 35.4 Å². The van der Waals surface area contributed by atoms with Crippen molar-refractivity contribution in [1.82, 2.24) is 4.90 Å². The van der Waals surface area contributed by atoms with E-state index in [9.17, 15) is 13.9 Å². The van der Waals surface area contributed by atoms with Crippen molar-refractivity contribution in [2.75, 3.05) is 19.6 Å². The van der Waals surface area contributed by atoms with Gasteiger partial charge in [0.1, 0.15) is 11.6 Å². The molecule has 1 aliphatic heterocycles. The summed E-state index contributed by atoms with van der Waals surface area (Å²) in [4.78, 5) is 2.24. The zero-order valence-electron chi connectivity index (χ0n) is 11.7. The maximum absolute atomic E-state index is 13.1. The van der Waals surface area contributed by atoms with Crippen LogP contribution in [0.2, 0.25) is 0 Å². The van der Waals surface area contributed by atoms with Crippen molar-refractivity contribution < 1.29 is 13.9 Å². The Balaban J connectivity index is 1.85. The van der Waals surface area contributed by atoms with Crippen LogP contribution in [0.15, 0.2) is 18.2 Å². The first-order valence-corrected chi connectivity index (χ1v) is 7.07. The van der Waals surface area contributed by atoms with Gasteiger partial charge in [-0.1, -0.05) is 0 Å². The van der Waals surface area contributed by atoms with Crippen LogP contribution in [0.5, 0.6) is 0 Å². The van der Waals surface area contributed by atoms with Gasteiger partial charge in [-0.05, 0) is 56.5 Å². The predicted octanol–water partition coefficient (Wildman–Crippen LogP) is 2.06. The van der Waals surface area contributed by atoms with Gasteiger partial charge in [0.05, 0.1) is 6.10 Å². The molecule has 1 aromatic carbocycles. The van der Waals surface area contributed by atoms with Gasteiger partial charge in [-0.3, -0.25) is 0 Å². The number of hydrogen-bond acceptors (Lipinski definition) is 3. The normalized spacial score (nSPS) is 22.9. The van der Waals surface area contributed by atoms with E-state index >= 15 is 0 Å². The number of halogens is 2. The van der Waals surface area contributed by atoms with Crippen LogP contribution in [0.25, 0.3) is 0 Å². The molecule has 0 amide bonds. The highest BCUT2D eigenvalue weighted by Crippen LogP contribution is 2.22. The van der Waals surface area contributed by atoms with Gasteiger partial charge in [0.25, 0.3) is 0 Å². The lowest BCUT2D eigenvalue weighted by Crippen LogP contribution is -2.27. The molecule has 3 unspecified atom stereocenters. The molecular formula is C15H22F2N2O. The third kappa shape index (κ3) is 3.98. The maximum Gasteiger partial charge on any atom is 0.126 e. The summed E-state index contributed by atoms with van der Waals surface area (Å²) in [6, 6.07) is 3.06. The highest BCUT2D eigenvalue weighted by Gasteiger charge is 2.25. The van der Waals surface area contributed by atoms with Crippen LogP contribution in [0, 0.1) is 17.6 Å². The summed E-state index contributed by atoms with van der Waals surface area (Å²) in [6.07, 6.45) is 1.35. The van der Waals surface area contributed by atoms with E-state index in [0.717, 1.165) is 32.1 Å². The first kappa shape index (κ1) is 15.4. The van der Waals surface area contributed by atoms with Crippen LogP contribution in [-0.4, -0.2) is 35.7 Å². The molecule has 20 heavy (non-hydrogen) atoms. The van der Waals surface area contributed by atoms with E-state index < -0.39 is 11.6 Å². The fourth-order valence-electron chi connectivity index (χ4n) is 2.74. The van der Waals surface area contributed by atoms with Crippen molar-refractivity contribution in [2.45, 2.75) is 31.9 Å². The molecule has 1 saturated heterocycles. The van der Waals surface area contributed by atoms with E-state index in [1.807, 2.05) is 6.92 Å². The quantitative estimate of drug-likeness (QED) is 0.870. The van der Waals surface area contributed by atoms with E-state index in [2.05, 4.69) is 4.90 Å². The van der Waals surface area contributed by atoms with Gasteiger partial charge in [-0.25, -0.2) is 8.78 Å². The van der Waals surface area contributed by atoms with Crippen LogP contribution < -0.4 is 5.73 Å². The summed E-state index contributed by atoms with van der Waals surface area (Å²) >= 11 is 0. The molecule has 0 bridgehead atoms. The Kier molecular flexibility index (Phi) is 5.07. The van der Waals surface area contributed by atoms with Gasteiger partial charge in [0, 0.05) is 18.7 Å². The number of nitrogens with zero attached hydrogens (tertiary/aromatic N) is 1. The van der Waals surface area contributed by atoms with E-state index in [-0.39, 0.29) is 12.1 Å². The average molecular weight is 284 g/mol. The molecule has 0 radical (unpaired) electrons. The summed E-state index contributed by atoms with van der Waals surface area (Å²) in [5.74, 6) is -0.866. The fourth-order valence-corrected chi connectivity index (χ4v) is 2.74. The Hall–Kier alpha value is -1.04. The minimum atomic E-state index is -0.592. The standard InChI is InChI=1S/C15H22F2N2O/c1-10(20)11-2-4-19(9-11)5-3-15(18)12-6-13(16)8-14(17)7-12/h6-8,10-11,15,20H,2-5,9,18H2,1H3. The molecule has 3 nitrogen and oxygen atoms in total. The third-order valence-electron chi connectivity index (χ3n) is 4.06. The Morgan fingerprint density at radius 3 is 2.55 bits per heavy atom. The number of aliphatic hydroxyl groups excluding tert-OH is 1. The molecule has 3 atom stereocenters. The second kappa shape index (κ2) is 6.61. The van der Waals surface area contributed by atoms with Gasteiger partial charge in [0.2, 0.25) is 0 Å². The molecule has 0 aromatic heterocycles. The largest absolute Gasteiger partial charge is 0.393 e. The molecule has 1 heterocycles. The van der Waals surface area contributed by atoms with Crippen molar-refractivity contribution in [1.29, 1.82) is 0 Å². The Bertz CT molecular complexity index is 433. The highest BCUT2D eigenvalue weighted by atomic mass is 19.1. The van der Waals surface area contributed by atoms with Crippen molar-refractivity contribution >= 4 is 0 Å². The number of aliphatic hydroxyl groups is 1. The van der Waals surface area contributed by atoms with Gasteiger partial charge in [0.15, 0.2) is 0 Å². The van der Waals surface area contributed by atoms with Gasteiger partial charge in [-0.15, -0.1) is 0 Å². The summed E-state index contributed by atoms with van der Waals surface area (Å²) in [7, 11) is 0. The van der Waals surface area contributed by atoms with E-state index in [1.165, 1.54) is 12.1 Å². The second-order valence-electron chi connectivity index (χ2n) is 5.69. The van der Waals surface area contributed by atoms with Crippen LogP contribution in [0.4, 0.5) is 8.78 Å². The summed E-state index contributed by atoms with van der Waals surface area (Å²) in [5.41, 5.74) is 6.49. The first-order valence-electron chi connectivity index (χ1n) is 7.07. The molecular weight excluding hydrogens is 262 g/mol. The van der Waals surface area contributed by atoms with Gasteiger partial charge in [-0.2, -0.15) is 0 Å². The zero-order valence-corrected chi connectivity index (χ0v) is 11.7. The minimum Gasteiger partial charge on any atom is -0.393 e. The highest BCUT2D eigenvalue weighted by molar-refractivity contribution is 5.21. The molecule has 112 valence electrons. The van der Waals surface area contributed by atoms with Crippen LogP contribution >= 0.6 is 0 Å². The van der Waals surface area contributed by atoms with Crippen molar-refractivity contribution in [2.24, 2.45) is 11.7 Å². The second-order valence-corrected chi connectivity index (χ2v) is 5.69. The topological polar surface area (TPSA) is 49.5 Å². The lowest BCUT2D eigenvalue weighted by molar-refractivity contribution is 0.127. The lowest BCUT2D eigenvalue weighted by atomic mass is 10.0. The van der Waals surface area contributed by atoms with Gasteiger partial charge < -0.3 is 15.7 Å². The molecule has 1 aliphatic rings. The molecule has 0 saturated carbocycles. The van der Waals surface area contributed by atoms with E-state index in [1.54, 1.807) is 0 Å². The first-order chi connectivity index (χ1) is 9.45. The number of rotatable bonds is 5. The molecule has 1 fully saturated rings. The van der Waals surface area contributed by atoms with E-state index in [4.69, 9.17) is 5.73 Å². The van der Waals surface area contributed by atoms with Crippen molar-refractivity contribution in [3.63, 3.8) is 0 Å². The Labute approximate surface area is 118 Å². The lowest BCUT2D eigenvalue weighted by Gasteiger charge is -2.20. The van der Waals surface area contributed by atoms with E-state index in [0.29, 0.717) is 17.9 Å². The molecule has 0 spiro atoms. The number of nitrogens with two attached hydrogens (primary N) is 1. The average Bonchev–Trinajstić information content (AvgIpc) is 2.83. The smallest absolute Gasteiger partial charge is 0.126 e. The van der Waals surface area contributed by atoms with Crippen molar-refractivity contribution in [3.8, 4) is 0 Å². The molecule has 3 N–H and O–H groups in total. The third-order valence-corrected chi connectivity index (χ3v) is 4.06. The summed E-state index contributed by atoms with van der Waals surface area (Å²) in [5, 5.41) is 9.55. The van der Waals surface area contributed by atoms with Gasteiger partial charge >= 0.3 is 0 Å². The molecule has 0 aliphatic carbocycles. The minimum absolute atomic E-state index is 0.286. The molecule has 2 rings (SSSR count). The fraction of sp³-hybridized carbons (Fsp3) is 0.600. The number of likely N-dealkylation sites (tertiary alicyclic amines) is 1. The predicted molar refractivity (Wildman–Crippen MR) is 74.1 cm³/mol. The summed E-state index contributed by atoms with van der Waals surface area (Å²) < 4.78 is 26.3. The van der Waals surface area contributed by atoms with Crippen LogP contribution in [-0.2, 0) is 0 Å². The Morgan fingerprint density at radius 1 is 1.35 bits per heavy atom. The molecule has 1 aromatic rings. The zero-order chi connectivity index (χ0) is 14.7. The van der Waals surface area contributed by atoms with Crippen LogP contribution in [0.1, 0.15) is 31.4 Å². The SMILES string of the molecule is CC(O)C1CCN(CCC(N)c2cc(F)cc(F)c2)C1. The monoisotopic (exact) mass is 284 g/mol. The molecule has 5 heteroatoms.